The molecule has 1 N–H and O–H groups in total. The smallest absolute Gasteiger partial charge is 0.291 e. The maximum absolute atomic E-state index is 12.1. The fourth-order valence-electron chi connectivity index (χ4n) is 3.32. The first kappa shape index (κ1) is 17.8. The molecule has 0 bridgehead atoms. The number of fused-ring (bicyclic) bond motifs is 1. The van der Waals surface area contributed by atoms with E-state index in [1.165, 1.54) is 6.26 Å². The van der Waals surface area contributed by atoms with Crippen LogP contribution in [-0.2, 0) is 0 Å². The highest BCUT2D eigenvalue weighted by Crippen LogP contribution is 2.29. The lowest BCUT2D eigenvalue weighted by Crippen LogP contribution is -2.10. The average molecular weight is 391 g/mol. The Kier molecular flexibility index (Phi) is 4.54. The fraction of sp³-hybridized carbons (Fsp3) is 0. The lowest BCUT2D eigenvalue weighted by atomic mass is 10.1. The number of para-hydroxylation sites is 1. The van der Waals surface area contributed by atoms with E-state index in [1.807, 2.05) is 78.9 Å². The van der Waals surface area contributed by atoms with Crippen molar-refractivity contribution in [3.05, 3.63) is 103 Å². The molecule has 0 aliphatic heterocycles. The van der Waals surface area contributed by atoms with Crippen molar-refractivity contribution in [2.45, 2.75) is 0 Å². The van der Waals surface area contributed by atoms with Crippen LogP contribution < -0.4 is 5.32 Å². The van der Waals surface area contributed by atoms with E-state index >= 15 is 0 Å². The third-order valence-corrected chi connectivity index (χ3v) is 4.80. The van der Waals surface area contributed by atoms with Crippen LogP contribution in [0.4, 0.5) is 5.69 Å². The number of anilines is 1. The lowest BCUT2D eigenvalue weighted by Gasteiger charge is -2.10. The fourth-order valence-corrected chi connectivity index (χ4v) is 3.32. The van der Waals surface area contributed by atoms with E-state index in [0.29, 0.717) is 11.5 Å². The Morgan fingerprint density at radius 1 is 0.733 bits per heavy atom. The normalized spacial score (nSPS) is 10.8. The van der Waals surface area contributed by atoms with E-state index in [9.17, 15) is 4.79 Å². The first-order valence-electron chi connectivity index (χ1n) is 9.55. The average Bonchev–Trinajstić information content (AvgIpc) is 3.35. The van der Waals surface area contributed by atoms with Gasteiger partial charge in [-0.2, -0.15) is 0 Å². The largest absolute Gasteiger partial charge is 0.459 e. The number of hydrogen-bond acceptors (Lipinski definition) is 4. The van der Waals surface area contributed by atoms with Gasteiger partial charge >= 0.3 is 0 Å². The van der Waals surface area contributed by atoms with E-state index in [2.05, 4.69) is 5.32 Å². The number of furan rings is 1. The number of carbonyl (C=O) groups excluding carboxylic acids is 1. The third-order valence-electron chi connectivity index (χ3n) is 4.80. The van der Waals surface area contributed by atoms with E-state index in [1.54, 1.807) is 12.1 Å². The number of hydrogen-bond donors (Lipinski definition) is 1. The van der Waals surface area contributed by atoms with Crippen molar-refractivity contribution in [1.29, 1.82) is 0 Å². The molecule has 5 heteroatoms. The van der Waals surface area contributed by atoms with Crippen LogP contribution in [0.15, 0.2) is 102 Å². The number of nitrogens with zero attached hydrogens (tertiary/aromatic N) is 2. The zero-order chi connectivity index (χ0) is 20.3. The van der Waals surface area contributed by atoms with Crippen LogP contribution in [0.25, 0.3) is 33.5 Å². The molecule has 0 saturated heterocycles. The van der Waals surface area contributed by atoms with Crippen molar-refractivity contribution in [3.8, 4) is 22.6 Å². The van der Waals surface area contributed by atoms with Crippen molar-refractivity contribution in [1.82, 2.24) is 9.97 Å². The van der Waals surface area contributed by atoms with Gasteiger partial charge in [0.15, 0.2) is 11.6 Å². The van der Waals surface area contributed by atoms with Gasteiger partial charge in [0.2, 0.25) is 0 Å². The summed E-state index contributed by atoms with van der Waals surface area (Å²) in [5.74, 6) is 0.613. The zero-order valence-corrected chi connectivity index (χ0v) is 15.9. The highest BCUT2D eigenvalue weighted by Gasteiger charge is 2.12. The lowest BCUT2D eigenvalue weighted by molar-refractivity contribution is 0.0996. The molecule has 5 rings (SSSR count). The second-order valence-electron chi connectivity index (χ2n) is 6.79. The molecule has 0 atom stereocenters. The van der Waals surface area contributed by atoms with E-state index in [0.717, 1.165) is 27.7 Å². The zero-order valence-electron chi connectivity index (χ0n) is 15.9. The minimum atomic E-state index is -0.291. The van der Waals surface area contributed by atoms with Crippen molar-refractivity contribution < 1.29 is 9.21 Å². The van der Waals surface area contributed by atoms with E-state index < -0.39 is 0 Å². The number of nitrogens with one attached hydrogen (secondary N) is 1. The molecule has 0 fully saturated rings. The first-order valence-corrected chi connectivity index (χ1v) is 9.55. The number of rotatable bonds is 4. The summed E-state index contributed by atoms with van der Waals surface area (Å²) in [5, 5.41) is 3.83. The summed E-state index contributed by atoms with van der Waals surface area (Å²) in [6.45, 7) is 0. The molecule has 0 aliphatic rings. The van der Waals surface area contributed by atoms with Crippen molar-refractivity contribution in [3.63, 3.8) is 0 Å². The predicted octanol–water partition coefficient (Wildman–Crippen LogP) is 5.81. The molecule has 5 nitrogen and oxygen atoms in total. The summed E-state index contributed by atoms with van der Waals surface area (Å²) in [6, 6.07) is 28.8. The van der Waals surface area contributed by atoms with Gasteiger partial charge in [0.05, 0.1) is 17.5 Å². The Morgan fingerprint density at radius 2 is 1.50 bits per heavy atom. The molecular formula is C25H17N3O2. The van der Waals surface area contributed by atoms with Crippen LogP contribution in [-0.4, -0.2) is 15.9 Å². The standard InChI is InChI=1S/C25H17N3O2/c29-25(22-11-6-16-30-22)26-19-14-12-18(13-15-19)24-27-21-10-5-4-9-20(21)23(28-24)17-7-2-1-3-8-17/h1-16H,(H,26,29). The topological polar surface area (TPSA) is 68.0 Å². The van der Waals surface area contributed by atoms with Gasteiger partial charge in [-0.25, -0.2) is 9.97 Å². The molecule has 0 aliphatic carbocycles. The summed E-state index contributed by atoms with van der Waals surface area (Å²) >= 11 is 0. The molecule has 144 valence electrons. The summed E-state index contributed by atoms with van der Waals surface area (Å²) in [7, 11) is 0. The van der Waals surface area contributed by atoms with Crippen LogP contribution in [0, 0.1) is 0 Å². The van der Waals surface area contributed by atoms with Gasteiger partial charge in [-0.05, 0) is 42.5 Å². The quantitative estimate of drug-likeness (QED) is 0.420. The van der Waals surface area contributed by atoms with E-state index in [4.69, 9.17) is 14.4 Å². The molecule has 3 aromatic carbocycles. The van der Waals surface area contributed by atoms with Crippen LogP contribution >= 0.6 is 0 Å². The van der Waals surface area contributed by atoms with Crippen LogP contribution in [0.5, 0.6) is 0 Å². The highest BCUT2D eigenvalue weighted by atomic mass is 16.3. The Balaban J connectivity index is 1.51. The molecule has 0 unspecified atom stereocenters. The Labute approximate surface area is 173 Å². The Bertz CT molecular complexity index is 1310. The van der Waals surface area contributed by atoms with Gasteiger partial charge in [-0.15, -0.1) is 0 Å². The van der Waals surface area contributed by atoms with Gasteiger partial charge in [-0.3, -0.25) is 4.79 Å². The summed E-state index contributed by atoms with van der Waals surface area (Å²) in [5.41, 5.74) is 4.36. The van der Waals surface area contributed by atoms with E-state index in [-0.39, 0.29) is 11.7 Å². The first-order chi connectivity index (χ1) is 14.8. The molecule has 1 amide bonds. The summed E-state index contributed by atoms with van der Waals surface area (Å²) < 4.78 is 5.12. The molecule has 30 heavy (non-hydrogen) atoms. The van der Waals surface area contributed by atoms with Gasteiger partial charge in [0, 0.05) is 22.2 Å². The van der Waals surface area contributed by atoms with Crippen LogP contribution in [0.1, 0.15) is 10.6 Å². The molecule has 2 heterocycles. The minimum Gasteiger partial charge on any atom is -0.459 e. The monoisotopic (exact) mass is 391 g/mol. The second-order valence-corrected chi connectivity index (χ2v) is 6.79. The SMILES string of the molecule is O=C(Nc1ccc(-c2nc(-c3ccccc3)c3ccccc3n2)cc1)c1ccco1. The number of benzene rings is 3. The summed E-state index contributed by atoms with van der Waals surface area (Å²) in [6.07, 6.45) is 1.47. The van der Waals surface area contributed by atoms with Gasteiger partial charge < -0.3 is 9.73 Å². The molecule has 0 radical (unpaired) electrons. The van der Waals surface area contributed by atoms with Crippen LogP contribution in [0.3, 0.4) is 0 Å². The Morgan fingerprint density at radius 3 is 2.27 bits per heavy atom. The van der Waals surface area contributed by atoms with Crippen molar-refractivity contribution in [2.24, 2.45) is 0 Å². The summed E-state index contributed by atoms with van der Waals surface area (Å²) in [4.78, 5) is 21.8. The van der Waals surface area contributed by atoms with Gasteiger partial charge in [0.1, 0.15) is 0 Å². The molecular weight excluding hydrogens is 374 g/mol. The maximum atomic E-state index is 12.1. The number of amides is 1. The van der Waals surface area contributed by atoms with Crippen LogP contribution in [0.2, 0.25) is 0 Å². The van der Waals surface area contributed by atoms with Gasteiger partial charge in [0.25, 0.3) is 5.91 Å². The highest BCUT2D eigenvalue weighted by molar-refractivity contribution is 6.02. The third kappa shape index (κ3) is 3.44. The maximum Gasteiger partial charge on any atom is 0.291 e. The molecule has 5 aromatic rings. The van der Waals surface area contributed by atoms with Crippen molar-refractivity contribution in [2.75, 3.05) is 5.32 Å². The molecule has 2 aromatic heterocycles. The van der Waals surface area contributed by atoms with Crippen molar-refractivity contribution >= 4 is 22.5 Å². The number of aromatic nitrogens is 2. The second kappa shape index (κ2) is 7.64. The predicted molar refractivity (Wildman–Crippen MR) is 117 cm³/mol. The molecule has 0 saturated carbocycles. The molecule has 0 spiro atoms. The Hall–Kier alpha value is -4.25. The number of carbonyl (C=O) groups is 1. The minimum absolute atomic E-state index is 0.268. The van der Waals surface area contributed by atoms with Gasteiger partial charge in [-0.1, -0.05) is 48.5 Å².